The highest BCUT2D eigenvalue weighted by Crippen LogP contribution is 2.27. The molecule has 3 atom stereocenters. The number of piperazine rings is 1. The second-order valence-electron chi connectivity index (χ2n) is 4.95. The summed E-state index contributed by atoms with van der Waals surface area (Å²) in [6, 6.07) is 1.46. The third-order valence-corrected chi connectivity index (χ3v) is 5.12. The van der Waals surface area contributed by atoms with E-state index in [1.807, 2.05) is 0 Å². The van der Waals surface area contributed by atoms with Crippen LogP contribution in [0.1, 0.15) is 33.1 Å². The first-order chi connectivity index (χ1) is 7.29. The molecular weight excluding hydrogens is 204 g/mol. The Morgan fingerprint density at radius 2 is 2.33 bits per heavy atom. The van der Waals surface area contributed by atoms with Crippen LogP contribution in [-0.2, 0) is 0 Å². The van der Waals surface area contributed by atoms with E-state index in [0.717, 1.165) is 17.3 Å². The van der Waals surface area contributed by atoms with Crippen molar-refractivity contribution in [3.05, 3.63) is 0 Å². The molecule has 2 rings (SSSR count). The zero-order chi connectivity index (χ0) is 10.7. The summed E-state index contributed by atoms with van der Waals surface area (Å²) in [5.41, 5.74) is 0. The molecular formula is C12H24N2S. The van der Waals surface area contributed by atoms with Gasteiger partial charge in [0.2, 0.25) is 0 Å². The van der Waals surface area contributed by atoms with E-state index in [1.54, 1.807) is 0 Å². The number of hydrogen-bond donors (Lipinski definition) is 1. The van der Waals surface area contributed by atoms with Crippen molar-refractivity contribution in [2.24, 2.45) is 0 Å². The molecule has 0 aromatic rings. The lowest BCUT2D eigenvalue weighted by atomic mass is 10.1. The van der Waals surface area contributed by atoms with Crippen molar-refractivity contribution < 1.29 is 0 Å². The minimum absolute atomic E-state index is 0.729. The van der Waals surface area contributed by atoms with Gasteiger partial charge in [0.15, 0.2) is 0 Å². The number of thioether (sulfide) groups is 1. The number of rotatable bonds is 3. The van der Waals surface area contributed by atoms with Crippen molar-refractivity contribution in [1.82, 2.24) is 10.2 Å². The fourth-order valence-electron chi connectivity index (χ4n) is 2.57. The van der Waals surface area contributed by atoms with Crippen LogP contribution in [0.2, 0.25) is 0 Å². The summed E-state index contributed by atoms with van der Waals surface area (Å²) in [6.45, 7) is 8.41. The molecule has 0 amide bonds. The van der Waals surface area contributed by atoms with E-state index in [1.165, 1.54) is 44.6 Å². The summed E-state index contributed by atoms with van der Waals surface area (Å²) in [4.78, 5) is 2.70. The van der Waals surface area contributed by atoms with Crippen LogP contribution < -0.4 is 5.32 Å². The smallest absolute Gasteiger partial charge is 0.0193 e. The minimum Gasteiger partial charge on any atom is -0.311 e. The highest BCUT2D eigenvalue weighted by Gasteiger charge is 2.27. The molecule has 3 heteroatoms. The van der Waals surface area contributed by atoms with E-state index >= 15 is 0 Å². The van der Waals surface area contributed by atoms with Gasteiger partial charge >= 0.3 is 0 Å². The first-order valence-electron chi connectivity index (χ1n) is 6.38. The van der Waals surface area contributed by atoms with Crippen LogP contribution in [0.3, 0.4) is 0 Å². The van der Waals surface area contributed by atoms with E-state index in [2.05, 4.69) is 35.8 Å². The van der Waals surface area contributed by atoms with Crippen LogP contribution in [0.25, 0.3) is 0 Å². The Labute approximate surface area is 98.2 Å². The lowest BCUT2D eigenvalue weighted by molar-refractivity contribution is 0.139. The van der Waals surface area contributed by atoms with Crippen LogP contribution >= 0.6 is 11.8 Å². The predicted octanol–water partition coefficient (Wildman–Crippen LogP) is 1.95. The quantitative estimate of drug-likeness (QED) is 0.795. The van der Waals surface area contributed by atoms with Gasteiger partial charge in [0.1, 0.15) is 0 Å². The normalized spacial score (nSPS) is 38.4. The summed E-state index contributed by atoms with van der Waals surface area (Å²) in [5.74, 6) is 1.39. The van der Waals surface area contributed by atoms with Gasteiger partial charge in [0, 0.05) is 37.0 Å². The summed E-state index contributed by atoms with van der Waals surface area (Å²) in [6.07, 6.45) is 4.14. The monoisotopic (exact) mass is 228 g/mol. The second kappa shape index (κ2) is 5.55. The minimum atomic E-state index is 0.729. The number of hydrogen-bond acceptors (Lipinski definition) is 3. The Bertz CT molecular complexity index is 192. The molecule has 0 saturated carbocycles. The van der Waals surface area contributed by atoms with Gasteiger partial charge in [0.05, 0.1) is 0 Å². The third-order valence-electron chi connectivity index (χ3n) is 3.74. The van der Waals surface area contributed by atoms with Crippen LogP contribution in [0.15, 0.2) is 0 Å². The molecule has 2 heterocycles. The van der Waals surface area contributed by atoms with Crippen molar-refractivity contribution in [2.45, 2.75) is 50.4 Å². The molecule has 2 aliphatic rings. The standard InChI is InChI=1S/C12H24N2S/c1-3-11-8-14(10(2)7-13-11)9-12-5-4-6-15-12/h10-13H,3-9H2,1-2H3. The Morgan fingerprint density at radius 3 is 3.00 bits per heavy atom. The third kappa shape index (κ3) is 3.11. The number of nitrogens with zero attached hydrogens (tertiary/aromatic N) is 1. The van der Waals surface area contributed by atoms with E-state index < -0.39 is 0 Å². The maximum Gasteiger partial charge on any atom is 0.0193 e. The lowest BCUT2D eigenvalue weighted by Crippen LogP contribution is -2.56. The summed E-state index contributed by atoms with van der Waals surface area (Å²) in [5, 5.41) is 4.54. The number of nitrogens with one attached hydrogen (secondary N) is 1. The molecule has 2 saturated heterocycles. The van der Waals surface area contributed by atoms with Crippen LogP contribution in [0.5, 0.6) is 0 Å². The lowest BCUT2D eigenvalue weighted by Gasteiger charge is -2.39. The highest BCUT2D eigenvalue weighted by atomic mass is 32.2. The van der Waals surface area contributed by atoms with Crippen LogP contribution in [0.4, 0.5) is 0 Å². The fourth-order valence-corrected chi connectivity index (χ4v) is 3.87. The van der Waals surface area contributed by atoms with Gasteiger partial charge in [-0.3, -0.25) is 4.90 Å². The molecule has 0 radical (unpaired) electrons. The molecule has 15 heavy (non-hydrogen) atoms. The van der Waals surface area contributed by atoms with Crippen LogP contribution in [0, 0.1) is 0 Å². The van der Waals surface area contributed by atoms with Crippen molar-refractivity contribution in [2.75, 3.05) is 25.4 Å². The average molecular weight is 228 g/mol. The molecule has 0 aromatic carbocycles. The van der Waals surface area contributed by atoms with Gasteiger partial charge in [-0.25, -0.2) is 0 Å². The molecule has 0 bridgehead atoms. The Kier molecular flexibility index (Phi) is 4.35. The fraction of sp³-hybridized carbons (Fsp3) is 1.00. The molecule has 3 unspecified atom stereocenters. The average Bonchev–Trinajstić information content (AvgIpc) is 2.74. The van der Waals surface area contributed by atoms with Crippen molar-refractivity contribution >= 4 is 11.8 Å². The first kappa shape index (κ1) is 11.7. The summed E-state index contributed by atoms with van der Waals surface area (Å²) >= 11 is 2.18. The Hall–Kier alpha value is 0.270. The Morgan fingerprint density at radius 1 is 1.47 bits per heavy atom. The van der Waals surface area contributed by atoms with E-state index in [0.29, 0.717) is 0 Å². The Balaban J connectivity index is 1.82. The van der Waals surface area contributed by atoms with Gasteiger partial charge in [-0.2, -0.15) is 11.8 Å². The van der Waals surface area contributed by atoms with E-state index in [4.69, 9.17) is 0 Å². The van der Waals surface area contributed by atoms with Crippen LogP contribution in [-0.4, -0.2) is 47.6 Å². The van der Waals surface area contributed by atoms with Gasteiger partial charge in [-0.05, 0) is 31.9 Å². The maximum absolute atomic E-state index is 3.62. The molecule has 0 spiro atoms. The maximum atomic E-state index is 3.62. The van der Waals surface area contributed by atoms with Crippen molar-refractivity contribution in [3.63, 3.8) is 0 Å². The van der Waals surface area contributed by atoms with E-state index in [-0.39, 0.29) is 0 Å². The summed E-state index contributed by atoms with van der Waals surface area (Å²) < 4.78 is 0. The molecule has 2 fully saturated rings. The predicted molar refractivity (Wildman–Crippen MR) is 68.6 cm³/mol. The molecule has 2 nitrogen and oxygen atoms in total. The SMILES string of the molecule is CCC1CN(CC2CCCS2)C(C)CN1. The van der Waals surface area contributed by atoms with Crippen molar-refractivity contribution in [1.29, 1.82) is 0 Å². The highest BCUT2D eigenvalue weighted by molar-refractivity contribution is 8.00. The van der Waals surface area contributed by atoms with Crippen molar-refractivity contribution in [3.8, 4) is 0 Å². The second-order valence-corrected chi connectivity index (χ2v) is 6.36. The van der Waals surface area contributed by atoms with Gasteiger partial charge < -0.3 is 5.32 Å². The topological polar surface area (TPSA) is 15.3 Å². The molecule has 0 aliphatic carbocycles. The molecule has 2 aliphatic heterocycles. The van der Waals surface area contributed by atoms with E-state index in [9.17, 15) is 0 Å². The zero-order valence-corrected chi connectivity index (χ0v) is 10.9. The van der Waals surface area contributed by atoms with Gasteiger partial charge in [-0.15, -0.1) is 0 Å². The zero-order valence-electron chi connectivity index (χ0n) is 10.0. The molecule has 0 aromatic heterocycles. The van der Waals surface area contributed by atoms with Gasteiger partial charge in [-0.1, -0.05) is 6.92 Å². The molecule has 1 N–H and O–H groups in total. The molecule has 88 valence electrons. The first-order valence-corrected chi connectivity index (χ1v) is 7.43. The van der Waals surface area contributed by atoms with Gasteiger partial charge in [0.25, 0.3) is 0 Å². The summed E-state index contributed by atoms with van der Waals surface area (Å²) in [7, 11) is 0. The largest absolute Gasteiger partial charge is 0.311 e.